The zero-order chi connectivity index (χ0) is 13.7. The van der Waals surface area contributed by atoms with Crippen molar-refractivity contribution in [3.63, 3.8) is 0 Å². The Hall–Kier alpha value is -2.30. The van der Waals surface area contributed by atoms with E-state index in [0.29, 0.717) is 5.56 Å². The predicted octanol–water partition coefficient (Wildman–Crippen LogP) is 1.83. The molecule has 1 aliphatic rings. The zero-order valence-corrected chi connectivity index (χ0v) is 10.4. The Bertz CT molecular complexity index is 477. The summed E-state index contributed by atoms with van der Waals surface area (Å²) >= 11 is 0. The van der Waals surface area contributed by atoms with Gasteiger partial charge in [0.15, 0.2) is 6.04 Å². The molecule has 1 aromatic rings. The summed E-state index contributed by atoms with van der Waals surface area (Å²) in [4.78, 5) is 23.0. The van der Waals surface area contributed by atoms with E-state index in [1.54, 1.807) is 30.3 Å². The lowest BCUT2D eigenvalue weighted by Gasteiger charge is -2.18. The van der Waals surface area contributed by atoms with Crippen LogP contribution in [0.4, 0.5) is 4.79 Å². The van der Waals surface area contributed by atoms with Crippen molar-refractivity contribution in [1.82, 2.24) is 10.6 Å². The average Bonchev–Trinajstić information content (AvgIpc) is 2.89. The molecule has 0 radical (unpaired) electrons. The lowest BCUT2D eigenvalue weighted by atomic mass is 10.1. The zero-order valence-electron chi connectivity index (χ0n) is 10.4. The minimum Gasteiger partial charge on any atom is -0.479 e. The topological polar surface area (TPSA) is 78.4 Å². The van der Waals surface area contributed by atoms with Gasteiger partial charge < -0.3 is 15.7 Å². The monoisotopic (exact) mass is 260 g/mol. The van der Waals surface area contributed by atoms with E-state index >= 15 is 0 Å². The molecule has 3 N–H and O–H groups in total. The van der Waals surface area contributed by atoms with Gasteiger partial charge in [-0.15, -0.1) is 0 Å². The second kappa shape index (κ2) is 6.04. The first-order chi connectivity index (χ1) is 9.16. The van der Waals surface area contributed by atoms with Crippen molar-refractivity contribution in [3.05, 3.63) is 48.0 Å². The molecule has 2 rings (SSSR count). The van der Waals surface area contributed by atoms with Crippen molar-refractivity contribution in [1.29, 1.82) is 0 Å². The number of benzene rings is 1. The maximum atomic E-state index is 11.8. The maximum absolute atomic E-state index is 11.8. The molecule has 0 spiro atoms. The Balaban J connectivity index is 1.97. The fourth-order valence-electron chi connectivity index (χ4n) is 2.03. The summed E-state index contributed by atoms with van der Waals surface area (Å²) < 4.78 is 0. The smallest absolute Gasteiger partial charge is 0.330 e. The van der Waals surface area contributed by atoms with Crippen molar-refractivity contribution >= 4 is 12.0 Å². The molecule has 1 aliphatic carbocycles. The average molecular weight is 260 g/mol. The van der Waals surface area contributed by atoms with Gasteiger partial charge in [0.05, 0.1) is 0 Å². The minimum atomic E-state index is -1.08. The van der Waals surface area contributed by atoms with Crippen LogP contribution in [-0.4, -0.2) is 23.1 Å². The van der Waals surface area contributed by atoms with Crippen LogP contribution in [0.5, 0.6) is 0 Å². The number of carbonyl (C=O) groups is 2. The molecule has 2 amide bonds. The number of amides is 2. The third-order valence-electron chi connectivity index (χ3n) is 3.00. The molecule has 5 heteroatoms. The third kappa shape index (κ3) is 3.58. The number of carbonyl (C=O) groups excluding carboxylic acids is 1. The van der Waals surface area contributed by atoms with Crippen LogP contribution in [0.3, 0.4) is 0 Å². The Morgan fingerprint density at radius 2 is 1.79 bits per heavy atom. The van der Waals surface area contributed by atoms with Crippen LogP contribution in [0.1, 0.15) is 24.4 Å². The van der Waals surface area contributed by atoms with Gasteiger partial charge in [0, 0.05) is 6.04 Å². The molecular weight excluding hydrogens is 244 g/mol. The van der Waals surface area contributed by atoms with Gasteiger partial charge in [0.25, 0.3) is 0 Å². The highest BCUT2D eigenvalue weighted by molar-refractivity contribution is 5.83. The minimum absolute atomic E-state index is 0.0604. The third-order valence-corrected chi connectivity index (χ3v) is 3.00. The van der Waals surface area contributed by atoms with E-state index in [2.05, 4.69) is 10.6 Å². The van der Waals surface area contributed by atoms with E-state index < -0.39 is 18.0 Å². The van der Waals surface area contributed by atoms with Gasteiger partial charge in [-0.2, -0.15) is 0 Å². The second-order valence-corrected chi connectivity index (χ2v) is 4.44. The van der Waals surface area contributed by atoms with Crippen molar-refractivity contribution in [2.24, 2.45) is 0 Å². The lowest BCUT2D eigenvalue weighted by Crippen LogP contribution is -2.44. The van der Waals surface area contributed by atoms with E-state index in [9.17, 15) is 14.7 Å². The fourth-order valence-corrected chi connectivity index (χ4v) is 2.03. The Morgan fingerprint density at radius 3 is 2.37 bits per heavy atom. The summed E-state index contributed by atoms with van der Waals surface area (Å²) in [5.41, 5.74) is 0.551. The highest BCUT2D eigenvalue weighted by Gasteiger charge is 2.23. The Kier molecular flexibility index (Phi) is 4.18. The number of hydrogen-bond donors (Lipinski definition) is 3. The first kappa shape index (κ1) is 13.1. The van der Waals surface area contributed by atoms with E-state index in [1.165, 1.54) is 0 Å². The van der Waals surface area contributed by atoms with Gasteiger partial charge in [0.2, 0.25) is 0 Å². The lowest BCUT2D eigenvalue weighted by molar-refractivity contribution is -0.139. The highest BCUT2D eigenvalue weighted by Crippen LogP contribution is 2.13. The van der Waals surface area contributed by atoms with Crippen molar-refractivity contribution < 1.29 is 14.7 Å². The van der Waals surface area contributed by atoms with E-state index in [1.807, 2.05) is 12.2 Å². The second-order valence-electron chi connectivity index (χ2n) is 4.44. The van der Waals surface area contributed by atoms with Gasteiger partial charge in [-0.1, -0.05) is 42.5 Å². The number of hydrogen-bond acceptors (Lipinski definition) is 2. The molecule has 0 unspecified atom stereocenters. The molecule has 0 bridgehead atoms. The van der Waals surface area contributed by atoms with Crippen molar-refractivity contribution in [2.75, 3.05) is 0 Å². The van der Waals surface area contributed by atoms with Gasteiger partial charge in [-0.05, 0) is 18.4 Å². The van der Waals surface area contributed by atoms with Crippen molar-refractivity contribution in [3.8, 4) is 0 Å². The van der Waals surface area contributed by atoms with Crippen LogP contribution >= 0.6 is 0 Å². The SMILES string of the molecule is O=C(NC1CC=CC1)N[C@@H](C(=O)O)c1ccccc1. The summed E-state index contributed by atoms with van der Waals surface area (Å²) in [6, 6.07) is 7.21. The van der Waals surface area contributed by atoms with Crippen LogP contribution < -0.4 is 10.6 Å². The largest absolute Gasteiger partial charge is 0.479 e. The summed E-state index contributed by atoms with van der Waals surface area (Å²) in [5, 5.41) is 14.4. The van der Waals surface area contributed by atoms with E-state index in [0.717, 1.165) is 12.8 Å². The van der Waals surface area contributed by atoms with Crippen LogP contribution in [0.25, 0.3) is 0 Å². The van der Waals surface area contributed by atoms with E-state index in [-0.39, 0.29) is 6.04 Å². The number of aliphatic carboxylic acids is 1. The summed E-state index contributed by atoms with van der Waals surface area (Å²) in [6.45, 7) is 0. The first-order valence-electron chi connectivity index (χ1n) is 6.16. The Morgan fingerprint density at radius 1 is 1.16 bits per heavy atom. The number of urea groups is 1. The molecule has 5 nitrogen and oxygen atoms in total. The standard InChI is InChI=1S/C14H16N2O3/c17-13(18)12(10-6-2-1-3-7-10)16-14(19)15-11-8-4-5-9-11/h1-7,11-12H,8-9H2,(H,17,18)(H2,15,16,19)/t12-/m1/s1. The summed E-state index contributed by atoms with van der Waals surface area (Å²) in [6.07, 6.45) is 5.57. The highest BCUT2D eigenvalue weighted by atomic mass is 16.4. The molecular formula is C14H16N2O3. The molecule has 0 saturated heterocycles. The molecule has 0 heterocycles. The molecule has 1 aromatic carbocycles. The fraction of sp³-hybridized carbons (Fsp3) is 0.286. The number of nitrogens with one attached hydrogen (secondary N) is 2. The number of carboxylic acid groups (broad SMARTS) is 1. The summed E-state index contributed by atoms with van der Waals surface area (Å²) in [5.74, 6) is -1.08. The van der Waals surface area contributed by atoms with Gasteiger partial charge in [-0.3, -0.25) is 0 Å². The summed E-state index contributed by atoms with van der Waals surface area (Å²) in [7, 11) is 0. The number of rotatable bonds is 4. The molecule has 0 saturated carbocycles. The quantitative estimate of drug-likeness (QED) is 0.723. The van der Waals surface area contributed by atoms with Gasteiger partial charge in [0.1, 0.15) is 0 Å². The van der Waals surface area contributed by atoms with Crippen LogP contribution in [0.2, 0.25) is 0 Å². The molecule has 100 valence electrons. The van der Waals surface area contributed by atoms with Crippen molar-refractivity contribution in [2.45, 2.75) is 24.9 Å². The predicted molar refractivity (Wildman–Crippen MR) is 70.6 cm³/mol. The number of carboxylic acids is 1. The molecule has 0 aromatic heterocycles. The van der Waals surface area contributed by atoms with Gasteiger partial charge >= 0.3 is 12.0 Å². The van der Waals surface area contributed by atoms with Crippen LogP contribution in [-0.2, 0) is 4.79 Å². The van der Waals surface area contributed by atoms with Crippen LogP contribution in [0, 0.1) is 0 Å². The molecule has 0 aliphatic heterocycles. The Labute approximate surface area is 111 Å². The normalized spacial score (nSPS) is 16.0. The molecule has 1 atom stereocenters. The first-order valence-corrected chi connectivity index (χ1v) is 6.16. The molecule has 0 fully saturated rings. The van der Waals surface area contributed by atoms with E-state index in [4.69, 9.17) is 0 Å². The van der Waals surface area contributed by atoms with Crippen LogP contribution in [0.15, 0.2) is 42.5 Å². The maximum Gasteiger partial charge on any atom is 0.330 e. The van der Waals surface area contributed by atoms with Gasteiger partial charge in [-0.25, -0.2) is 9.59 Å². The molecule has 19 heavy (non-hydrogen) atoms.